The van der Waals surface area contributed by atoms with E-state index < -0.39 is 11.4 Å². The Labute approximate surface area is 213 Å². The fourth-order valence-electron chi connectivity index (χ4n) is 5.18. The van der Waals surface area contributed by atoms with Gasteiger partial charge in [0.05, 0.1) is 28.5 Å². The molecule has 1 aromatic carbocycles. The molecule has 2 aliphatic rings. The topological polar surface area (TPSA) is 99.0 Å². The third-order valence-corrected chi connectivity index (χ3v) is 7.43. The molecule has 2 amide bonds. The number of hydrogen-bond donors (Lipinski definition) is 1. The molecule has 0 radical (unpaired) electrons. The van der Waals surface area contributed by atoms with Gasteiger partial charge in [-0.3, -0.25) is 9.78 Å². The molecule has 1 saturated heterocycles. The minimum Gasteiger partial charge on any atom is -0.477 e. The maximum Gasteiger partial charge on any atom is 0.341 e. The molecule has 5 rings (SSSR count). The average molecular weight is 510 g/mol. The van der Waals surface area contributed by atoms with E-state index in [2.05, 4.69) is 9.88 Å². The molecule has 0 unspecified atom stereocenters. The van der Waals surface area contributed by atoms with Gasteiger partial charge >= 0.3 is 12.0 Å². The molecule has 2 aliphatic heterocycles. The van der Waals surface area contributed by atoms with E-state index in [-0.39, 0.29) is 17.5 Å². The monoisotopic (exact) mass is 509 g/mol. The fourth-order valence-corrected chi connectivity index (χ4v) is 5.47. The summed E-state index contributed by atoms with van der Waals surface area (Å²) in [5, 5.41) is 10.4. The number of benzene rings is 1. The molecule has 0 bridgehead atoms. The third-order valence-electron chi connectivity index (χ3n) is 7.13. The highest BCUT2D eigenvalue weighted by molar-refractivity contribution is 6.34. The molecular formula is C26H28ClN5O4. The summed E-state index contributed by atoms with van der Waals surface area (Å²) in [6, 6.07) is 7.43. The average Bonchev–Trinajstić information content (AvgIpc) is 3.29. The van der Waals surface area contributed by atoms with Crippen LogP contribution in [0.1, 0.15) is 34.5 Å². The summed E-state index contributed by atoms with van der Waals surface area (Å²) < 4.78 is 1.87. The Bertz CT molecular complexity index is 1390. The molecule has 36 heavy (non-hydrogen) atoms. The number of anilines is 1. The van der Waals surface area contributed by atoms with E-state index in [1.807, 2.05) is 27.7 Å². The summed E-state index contributed by atoms with van der Waals surface area (Å²) in [5.41, 5.74) is 2.74. The van der Waals surface area contributed by atoms with Crippen molar-refractivity contribution >= 4 is 40.2 Å². The Morgan fingerprint density at radius 1 is 1.19 bits per heavy atom. The first-order chi connectivity index (χ1) is 17.2. The summed E-state index contributed by atoms with van der Waals surface area (Å²) in [7, 11) is 3.48. The van der Waals surface area contributed by atoms with Crippen LogP contribution in [0.3, 0.4) is 0 Å². The number of carbonyl (C=O) groups is 2. The zero-order valence-electron chi connectivity index (χ0n) is 20.3. The van der Waals surface area contributed by atoms with Crippen molar-refractivity contribution < 1.29 is 14.7 Å². The number of rotatable bonds is 4. The lowest BCUT2D eigenvalue weighted by Gasteiger charge is -2.34. The summed E-state index contributed by atoms with van der Waals surface area (Å²) in [4.78, 5) is 47.2. The number of carboxylic acids is 1. The van der Waals surface area contributed by atoms with E-state index in [0.717, 1.165) is 29.8 Å². The Morgan fingerprint density at radius 3 is 2.61 bits per heavy atom. The molecular weight excluding hydrogens is 482 g/mol. The first-order valence-electron chi connectivity index (χ1n) is 12.0. The van der Waals surface area contributed by atoms with Crippen molar-refractivity contribution in [3.63, 3.8) is 0 Å². The maximum atomic E-state index is 13.0. The summed E-state index contributed by atoms with van der Waals surface area (Å²) in [5.74, 6) is -1.02. The van der Waals surface area contributed by atoms with Crippen molar-refractivity contribution in [2.24, 2.45) is 5.92 Å². The van der Waals surface area contributed by atoms with Crippen molar-refractivity contribution in [2.75, 3.05) is 32.1 Å². The van der Waals surface area contributed by atoms with E-state index >= 15 is 0 Å². The predicted octanol–water partition coefficient (Wildman–Crippen LogP) is 3.66. The van der Waals surface area contributed by atoms with Crippen LogP contribution in [0.15, 0.2) is 41.5 Å². The highest BCUT2D eigenvalue weighted by Gasteiger charge is 2.27. The number of amides is 2. The van der Waals surface area contributed by atoms with Crippen LogP contribution >= 0.6 is 11.6 Å². The number of hydrogen-bond acceptors (Lipinski definition) is 5. The van der Waals surface area contributed by atoms with Gasteiger partial charge in [-0.15, -0.1) is 0 Å². The molecule has 9 nitrogen and oxygen atoms in total. The van der Waals surface area contributed by atoms with Crippen LogP contribution < -0.4 is 10.3 Å². The zero-order chi connectivity index (χ0) is 25.6. The number of carbonyl (C=O) groups excluding carboxylic acids is 1. The van der Waals surface area contributed by atoms with Crippen molar-refractivity contribution in [3.8, 4) is 0 Å². The number of carboxylic acid groups (broad SMARTS) is 1. The summed E-state index contributed by atoms with van der Waals surface area (Å²) in [6.45, 7) is 3.09. The minimum atomic E-state index is -1.26. The molecule has 10 heteroatoms. The van der Waals surface area contributed by atoms with E-state index in [1.165, 1.54) is 6.20 Å². The van der Waals surface area contributed by atoms with Gasteiger partial charge in [-0.05, 0) is 42.5 Å². The number of halogens is 1. The summed E-state index contributed by atoms with van der Waals surface area (Å²) in [6.07, 6.45) is 4.81. The second-order valence-electron chi connectivity index (χ2n) is 9.72. The summed E-state index contributed by atoms with van der Waals surface area (Å²) >= 11 is 6.65. The standard InChI is InChI=1S/C26H28ClN5O4/c1-29(2)26(36)30-8-5-16(6-9-30)12-31-14-19(25(34)35)24(33)18-10-20(27)23(11-22(18)31)32-13-17-4-3-7-28-21(17)15-32/h3-4,7,10-11,14,16H,5-6,8-9,12-13,15H2,1-2H3,(H,34,35). The third kappa shape index (κ3) is 4.39. The highest BCUT2D eigenvalue weighted by atomic mass is 35.5. The van der Waals surface area contributed by atoms with Crippen molar-refractivity contribution in [3.05, 3.63) is 68.7 Å². The molecule has 3 aromatic rings. The fraction of sp³-hybridized carbons (Fsp3) is 0.385. The van der Waals surface area contributed by atoms with Crippen LogP contribution in [-0.4, -0.2) is 63.6 Å². The molecule has 1 N–H and O–H groups in total. The van der Waals surface area contributed by atoms with Gasteiger partial charge in [0.2, 0.25) is 5.43 Å². The van der Waals surface area contributed by atoms with Gasteiger partial charge in [0.1, 0.15) is 5.56 Å². The molecule has 0 spiro atoms. The Morgan fingerprint density at radius 2 is 1.94 bits per heavy atom. The number of aromatic nitrogens is 2. The lowest BCUT2D eigenvalue weighted by molar-refractivity contribution is 0.0694. The quantitative estimate of drug-likeness (QED) is 0.576. The smallest absolute Gasteiger partial charge is 0.341 e. The van der Waals surface area contributed by atoms with Gasteiger partial charge in [0, 0.05) is 58.1 Å². The van der Waals surface area contributed by atoms with Gasteiger partial charge in [0.25, 0.3) is 0 Å². The zero-order valence-corrected chi connectivity index (χ0v) is 21.0. The maximum absolute atomic E-state index is 13.0. The Kier molecular flexibility index (Phi) is 6.34. The number of pyridine rings is 2. The molecule has 0 atom stereocenters. The van der Waals surface area contributed by atoms with Gasteiger partial charge in [0.15, 0.2) is 0 Å². The Hall–Kier alpha value is -3.59. The van der Waals surface area contributed by atoms with E-state index in [4.69, 9.17) is 11.6 Å². The predicted molar refractivity (Wildman–Crippen MR) is 138 cm³/mol. The number of fused-ring (bicyclic) bond motifs is 2. The van der Waals surface area contributed by atoms with Crippen LogP contribution in [0.4, 0.5) is 10.5 Å². The second-order valence-corrected chi connectivity index (χ2v) is 10.1. The molecule has 0 aliphatic carbocycles. The Balaban J connectivity index is 1.50. The van der Waals surface area contributed by atoms with Gasteiger partial charge in [-0.2, -0.15) is 0 Å². The van der Waals surface area contributed by atoms with E-state index in [9.17, 15) is 19.5 Å². The SMILES string of the molecule is CN(C)C(=O)N1CCC(Cn2cc(C(=O)O)c(=O)c3cc(Cl)c(N4Cc5cccnc5C4)cc32)CC1. The van der Waals surface area contributed by atoms with E-state index in [1.54, 1.807) is 31.3 Å². The van der Waals surface area contributed by atoms with Gasteiger partial charge < -0.3 is 24.4 Å². The first-order valence-corrected chi connectivity index (χ1v) is 12.3. The van der Waals surface area contributed by atoms with Crippen LogP contribution in [-0.2, 0) is 19.6 Å². The number of likely N-dealkylation sites (tertiary alicyclic amines) is 1. The number of aromatic carboxylic acids is 1. The van der Waals surface area contributed by atoms with Crippen LogP contribution in [0.5, 0.6) is 0 Å². The number of urea groups is 1. The van der Waals surface area contributed by atoms with Crippen molar-refractivity contribution in [1.82, 2.24) is 19.4 Å². The van der Waals surface area contributed by atoms with Crippen molar-refractivity contribution in [1.29, 1.82) is 0 Å². The van der Waals surface area contributed by atoms with Gasteiger partial charge in [-0.1, -0.05) is 17.7 Å². The van der Waals surface area contributed by atoms with Crippen LogP contribution in [0.2, 0.25) is 5.02 Å². The van der Waals surface area contributed by atoms with Crippen LogP contribution in [0, 0.1) is 5.92 Å². The molecule has 0 saturated carbocycles. The minimum absolute atomic E-state index is 0.00388. The molecule has 4 heterocycles. The second kappa shape index (κ2) is 9.46. The first kappa shape index (κ1) is 24.1. The number of piperidine rings is 1. The lowest BCUT2D eigenvalue weighted by Crippen LogP contribution is -2.44. The normalized spacial score (nSPS) is 15.9. The number of nitrogens with zero attached hydrogens (tertiary/aromatic N) is 5. The molecule has 2 aromatic heterocycles. The lowest BCUT2D eigenvalue weighted by atomic mass is 9.96. The molecule has 188 valence electrons. The van der Waals surface area contributed by atoms with E-state index in [0.29, 0.717) is 48.6 Å². The largest absolute Gasteiger partial charge is 0.477 e. The van der Waals surface area contributed by atoms with Crippen molar-refractivity contribution in [2.45, 2.75) is 32.5 Å². The van der Waals surface area contributed by atoms with Crippen LogP contribution in [0.25, 0.3) is 10.9 Å². The van der Waals surface area contributed by atoms with Gasteiger partial charge in [-0.25, -0.2) is 9.59 Å². The highest BCUT2D eigenvalue weighted by Crippen LogP contribution is 2.35. The molecule has 1 fully saturated rings.